The summed E-state index contributed by atoms with van der Waals surface area (Å²) in [4.78, 5) is 0.316. The van der Waals surface area contributed by atoms with Gasteiger partial charge in [0.1, 0.15) is 0 Å². The molecule has 1 saturated carbocycles. The van der Waals surface area contributed by atoms with Crippen LogP contribution in [0.2, 0.25) is 0 Å². The highest BCUT2D eigenvalue weighted by Gasteiger charge is 2.32. The van der Waals surface area contributed by atoms with E-state index in [1.54, 1.807) is 6.07 Å². The number of rotatable bonds is 1. The lowest BCUT2D eigenvalue weighted by molar-refractivity contribution is -0.137. The fraction of sp³-hybridized carbons (Fsp3) is 0.500. The highest BCUT2D eigenvalue weighted by molar-refractivity contribution is 9.09. The zero-order valence-electron chi connectivity index (χ0n) is 8.60. The van der Waals surface area contributed by atoms with Crippen LogP contribution in [0.15, 0.2) is 24.3 Å². The molecule has 2 unspecified atom stereocenters. The van der Waals surface area contributed by atoms with E-state index >= 15 is 0 Å². The second-order valence-corrected chi connectivity index (χ2v) is 5.35. The van der Waals surface area contributed by atoms with Crippen molar-refractivity contribution in [3.63, 3.8) is 0 Å². The van der Waals surface area contributed by atoms with E-state index < -0.39 is 11.7 Å². The topological polar surface area (TPSA) is 0 Å². The summed E-state index contributed by atoms with van der Waals surface area (Å²) in [5.74, 6) is 0.224. The molecule has 0 N–H and O–H groups in total. The molecular formula is C12H12BrF3. The first-order valence-electron chi connectivity index (χ1n) is 5.30. The molecule has 1 aromatic rings. The normalized spacial score (nSPS) is 26.0. The van der Waals surface area contributed by atoms with Gasteiger partial charge in [-0.05, 0) is 30.4 Å². The van der Waals surface area contributed by atoms with Crippen molar-refractivity contribution in [2.75, 3.05) is 0 Å². The van der Waals surface area contributed by atoms with E-state index in [1.807, 2.05) is 0 Å². The van der Waals surface area contributed by atoms with Crippen LogP contribution in [0.25, 0.3) is 0 Å². The predicted octanol–water partition coefficient (Wildman–Crippen LogP) is 4.74. The lowest BCUT2D eigenvalue weighted by atomic mass is 9.96. The molecular weight excluding hydrogens is 281 g/mol. The van der Waals surface area contributed by atoms with Crippen LogP contribution in [-0.2, 0) is 6.18 Å². The van der Waals surface area contributed by atoms with Crippen LogP contribution in [0.5, 0.6) is 0 Å². The van der Waals surface area contributed by atoms with Crippen molar-refractivity contribution in [1.82, 2.24) is 0 Å². The van der Waals surface area contributed by atoms with Crippen LogP contribution < -0.4 is 0 Å². The van der Waals surface area contributed by atoms with Gasteiger partial charge in [0.05, 0.1) is 5.56 Å². The summed E-state index contributed by atoms with van der Waals surface area (Å²) in [6.07, 6.45) is -1.15. The maximum Gasteiger partial charge on any atom is 0.416 e. The molecule has 1 aliphatic carbocycles. The molecule has 0 radical (unpaired) electrons. The number of halogens is 4. The summed E-state index contributed by atoms with van der Waals surface area (Å²) in [5.41, 5.74) is 0.255. The van der Waals surface area contributed by atoms with Crippen molar-refractivity contribution >= 4 is 15.9 Å². The molecule has 0 amide bonds. The summed E-state index contributed by atoms with van der Waals surface area (Å²) in [7, 11) is 0. The first-order valence-corrected chi connectivity index (χ1v) is 6.21. The van der Waals surface area contributed by atoms with Gasteiger partial charge in [0.15, 0.2) is 0 Å². The SMILES string of the molecule is FC(F)(F)c1cccc(C2CCCC2Br)c1. The van der Waals surface area contributed by atoms with E-state index in [0.717, 1.165) is 30.9 Å². The molecule has 2 rings (SSSR count). The van der Waals surface area contributed by atoms with Gasteiger partial charge >= 0.3 is 6.18 Å². The Morgan fingerprint density at radius 2 is 1.94 bits per heavy atom. The second-order valence-electron chi connectivity index (χ2n) is 4.18. The third-order valence-electron chi connectivity index (χ3n) is 3.07. The predicted molar refractivity (Wildman–Crippen MR) is 60.8 cm³/mol. The monoisotopic (exact) mass is 292 g/mol. The fourth-order valence-electron chi connectivity index (χ4n) is 2.24. The molecule has 16 heavy (non-hydrogen) atoms. The zero-order chi connectivity index (χ0) is 11.8. The minimum Gasteiger partial charge on any atom is -0.166 e. The maximum absolute atomic E-state index is 12.5. The lowest BCUT2D eigenvalue weighted by Crippen LogP contribution is -2.09. The van der Waals surface area contributed by atoms with Gasteiger partial charge in [0.2, 0.25) is 0 Å². The molecule has 0 saturated heterocycles. The number of alkyl halides is 4. The molecule has 1 fully saturated rings. The maximum atomic E-state index is 12.5. The van der Waals surface area contributed by atoms with Crippen molar-refractivity contribution < 1.29 is 13.2 Å². The van der Waals surface area contributed by atoms with Gasteiger partial charge < -0.3 is 0 Å². The average Bonchev–Trinajstić information content (AvgIpc) is 2.63. The summed E-state index contributed by atoms with van der Waals surface area (Å²) in [5, 5.41) is 0. The molecule has 4 heteroatoms. The van der Waals surface area contributed by atoms with E-state index in [1.165, 1.54) is 12.1 Å². The molecule has 0 bridgehead atoms. The van der Waals surface area contributed by atoms with Crippen LogP contribution >= 0.6 is 15.9 Å². The number of benzene rings is 1. The third kappa shape index (κ3) is 2.42. The first-order chi connectivity index (χ1) is 7.48. The van der Waals surface area contributed by atoms with E-state index in [9.17, 15) is 13.2 Å². The Bertz CT molecular complexity index is 373. The molecule has 0 spiro atoms. The summed E-state index contributed by atoms with van der Waals surface area (Å²) in [6, 6.07) is 5.70. The fourth-order valence-corrected chi connectivity index (χ4v) is 3.13. The number of hydrogen-bond donors (Lipinski definition) is 0. The molecule has 0 heterocycles. The number of hydrogen-bond acceptors (Lipinski definition) is 0. The first kappa shape index (κ1) is 12.0. The highest BCUT2D eigenvalue weighted by atomic mass is 79.9. The van der Waals surface area contributed by atoms with Crippen LogP contribution in [0.3, 0.4) is 0 Å². The molecule has 2 atom stereocenters. The van der Waals surface area contributed by atoms with Gasteiger partial charge in [-0.25, -0.2) is 0 Å². The van der Waals surface area contributed by atoms with Gasteiger partial charge in [-0.1, -0.05) is 40.5 Å². The van der Waals surface area contributed by atoms with E-state index in [2.05, 4.69) is 15.9 Å². The minimum atomic E-state index is -4.24. The zero-order valence-corrected chi connectivity index (χ0v) is 10.2. The van der Waals surface area contributed by atoms with Crippen molar-refractivity contribution in [3.05, 3.63) is 35.4 Å². The largest absolute Gasteiger partial charge is 0.416 e. The third-order valence-corrected chi connectivity index (χ3v) is 4.17. The van der Waals surface area contributed by atoms with Gasteiger partial charge in [-0.15, -0.1) is 0 Å². The highest BCUT2D eigenvalue weighted by Crippen LogP contribution is 2.40. The quantitative estimate of drug-likeness (QED) is 0.656. The lowest BCUT2D eigenvalue weighted by Gasteiger charge is -2.16. The standard InChI is InChI=1S/C12H12BrF3/c13-11-6-2-5-10(11)8-3-1-4-9(7-8)12(14,15)16/h1,3-4,7,10-11H,2,5-6H2. The van der Waals surface area contributed by atoms with Gasteiger partial charge in [0, 0.05) is 4.83 Å². The Morgan fingerprint density at radius 3 is 2.50 bits per heavy atom. The summed E-state index contributed by atoms with van der Waals surface area (Å²) < 4.78 is 37.6. The Labute approximate surface area is 101 Å². The Kier molecular flexibility index (Phi) is 3.29. The van der Waals surface area contributed by atoms with Crippen molar-refractivity contribution in [1.29, 1.82) is 0 Å². The van der Waals surface area contributed by atoms with E-state index in [-0.39, 0.29) is 5.92 Å². The molecule has 1 aliphatic rings. The van der Waals surface area contributed by atoms with Crippen molar-refractivity contribution in [2.45, 2.75) is 36.2 Å². The Morgan fingerprint density at radius 1 is 1.19 bits per heavy atom. The molecule has 0 aliphatic heterocycles. The van der Waals surface area contributed by atoms with E-state index in [4.69, 9.17) is 0 Å². The van der Waals surface area contributed by atoms with E-state index in [0.29, 0.717) is 4.83 Å². The van der Waals surface area contributed by atoms with Crippen molar-refractivity contribution in [2.24, 2.45) is 0 Å². The van der Waals surface area contributed by atoms with Gasteiger partial charge in [-0.3, -0.25) is 0 Å². The van der Waals surface area contributed by atoms with Gasteiger partial charge in [-0.2, -0.15) is 13.2 Å². The molecule has 1 aromatic carbocycles. The summed E-state index contributed by atoms with van der Waals surface area (Å²) >= 11 is 3.54. The molecule has 0 nitrogen and oxygen atoms in total. The summed E-state index contributed by atoms with van der Waals surface area (Å²) in [6.45, 7) is 0. The smallest absolute Gasteiger partial charge is 0.166 e. The second kappa shape index (κ2) is 4.40. The van der Waals surface area contributed by atoms with Gasteiger partial charge in [0.25, 0.3) is 0 Å². The molecule has 88 valence electrons. The Balaban J connectivity index is 2.29. The van der Waals surface area contributed by atoms with Crippen LogP contribution in [0.4, 0.5) is 13.2 Å². The van der Waals surface area contributed by atoms with Crippen molar-refractivity contribution in [3.8, 4) is 0 Å². The molecule has 0 aromatic heterocycles. The van der Waals surface area contributed by atoms with Crippen LogP contribution in [0.1, 0.15) is 36.3 Å². The van der Waals surface area contributed by atoms with Crippen LogP contribution in [-0.4, -0.2) is 4.83 Å². The average molecular weight is 293 g/mol. The Hall–Kier alpha value is -0.510. The minimum absolute atomic E-state index is 0.224. The van der Waals surface area contributed by atoms with Crippen LogP contribution in [0, 0.1) is 0 Å².